The van der Waals surface area contributed by atoms with Crippen molar-refractivity contribution in [3.05, 3.63) is 40.7 Å². The number of piperidine rings is 1. The average molecular weight is 344 g/mol. The first kappa shape index (κ1) is 17.0. The van der Waals surface area contributed by atoms with Crippen LogP contribution in [-0.2, 0) is 4.74 Å². The molecule has 1 saturated heterocycles. The van der Waals surface area contributed by atoms with E-state index < -0.39 is 5.60 Å². The Morgan fingerprint density at radius 3 is 2.71 bits per heavy atom. The van der Waals surface area contributed by atoms with Crippen molar-refractivity contribution in [3.63, 3.8) is 0 Å². The van der Waals surface area contributed by atoms with Crippen LogP contribution in [0, 0.1) is 0 Å². The van der Waals surface area contributed by atoms with Crippen LogP contribution in [0.1, 0.15) is 51.1 Å². The van der Waals surface area contributed by atoms with Gasteiger partial charge in [-0.25, -0.2) is 9.78 Å². The SMILES string of the molecule is CC(C)(C)OC(=O)N1CCCC[C@@H]1c1nc(-c2ccccc2)cs1. The van der Waals surface area contributed by atoms with Crippen LogP contribution < -0.4 is 0 Å². The van der Waals surface area contributed by atoms with Crippen molar-refractivity contribution in [2.24, 2.45) is 0 Å². The van der Waals surface area contributed by atoms with E-state index in [9.17, 15) is 4.79 Å². The number of hydrogen-bond acceptors (Lipinski definition) is 4. The van der Waals surface area contributed by atoms with Crippen LogP contribution in [0.3, 0.4) is 0 Å². The highest BCUT2D eigenvalue weighted by atomic mass is 32.1. The molecule has 3 rings (SSSR count). The molecule has 0 N–H and O–H groups in total. The van der Waals surface area contributed by atoms with Gasteiger partial charge in [0.25, 0.3) is 0 Å². The van der Waals surface area contributed by atoms with Gasteiger partial charge in [-0.05, 0) is 40.0 Å². The molecule has 1 atom stereocenters. The van der Waals surface area contributed by atoms with Gasteiger partial charge in [0.15, 0.2) is 0 Å². The summed E-state index contributed by atoms with van der Waals surface area (Å²) in [6.07, 6.45) is 2.85. The lowest BCUT2D eigenvalue weighted by molar-refractivity contribution is 0.00950. The van der Waals surface area contributed by atoms with Crippen LogP contribution in [-0.4, -0.2) is 28.1 Å². The molecule has 0 unspecified atom stereocenters. The van der Waals surface area contributed by atoms with E-state index in [1.54, 1.807) is 11.3 Å². The van der Waals surface area contributed by atoms with E-state index in [1.807, 2.05) is 43.9 Å². The van der Waals surface area contributed by atoms with Crippen LogP contribution in [0.25, 0.3) is 11.3 Å². The van der Waals surface area contributed by atoms with Crippen LogP contribution >= 0.6 is 11.3 Å². The predicted molar refractivity (Wildman–Crippen MR) is 97.1 cm³/mol. The molecule has 0 spiro atoms. The fraction of sp³-hybridized carbons (Fsp3) is 0.474. The second-order valence-electron chi connectivity index (χ2n) is 7.12. The summed E-state index contributed by atoms with van der Waals surface area (Å²) in [5, 5.41) is 3.08. The minimum absolute atomic E-state index is 0.0241. The monoisotopic (exact) mass is 344 g/mol. The summed E-state index contributed by atoms with van der Waals surface area (Å²) < 4.78 is 5.58. The van der Waals surface area contributed by atoms with Crippen LogP contribution in [0.2, 0.25) is 0 Å². The van der Waals surface area contributed by atoms with Crippen molar-refractivity contribution in [2.75, 3.05) is 6.54 Å². The van der Waals surface area contributed by atoms with Crippen LogP contribution in [0.15, 0.2) is 35.7 Å². The number of likely N-dealkylation sites (tertiary alicyclic amines) is 1. The Morgan fingerprint density at radius 2 is 2.00 bits per heavy atom. The Kier molecular flexibility index (Phi) is 4.90. The van der Waals surface area contributed by atoms with E-state index in [2.05, 4.69) is 17.5 Å². The molecule has 1 amide bonds. The maximum atomic E-state index is 12.6. The number of rotatable bonds is 2. The number of thiazole rings is 1. The first-order valence-electron chi connectivity index (χ1n) is 8.44. The first-order chi connectivity index (χ1) is 11.4. The van der Waals surface area contributed by atoms with Gasteiger partial charge < -0.3 is 4.74 Å². The highest BCUT2D eigenvalue weighted by Gasteiger charge is 2.33. The van der Waals surface area contributed by atoms with Gasteiger partial charge in [0.1, 0.15) is 10.6 Å². The highest BCUT2D eigenvalue weighted by Crippen LogP contribution is 2.35. The molecule has 24 heavy (non-hydrogen) atoms. The maximum absolute atomic E-state index is 12.6. The average Bonchev–Trinajstić information content (AvgIpc) is 3.04. The summed E-state index contributed by atoms with van der Waals surface area (Å²) in [5.41, 5.74) is 1.61. The zero-order valence-corrected chi connectivity index (χ0v) is 15.3. The Hall–Kier alpha value is -1.88. The maximum Gasteiger partial charge on any atom is 0.410 e. The summed E-state index contributed by atoms with van der Waals surface area (Å²) in [6.45, 7) is 6.45. The van der Waals surface area contributed by atoms with Crippen molar-refractivity contribution in [2.45, 2.75) is 51.7 Å². The number of carbonyl (C=O) groups excluding carboxylic acids is 1. The summed E-state index contributed by atoms with van der Waals surface area (Å²) >= 11 is 1.63. The van der Waals surface area contributed by atoms with Gasteiger partial charge in [0, 0.05) is 17.5 Å². The number of aromatic nitrogens is 1. The lowest BCUT2D eigenvalue weighted by Crippen LogP contribution is -2.41. The van der Waals surface area contributed by atoms with E-state index in [1.165, 1.54) is 0 Å². The minimum atomic E-state index is -0.475. The van der Waals surface area contributed by atoms with E-state index in [4.69, 9.17) is 9.72 Å². The molecule has 2 aromatic rings. The van der Waals surface area contributed by atoms with E-state index in [-0.39, 0.29) is 12.1 Å². The van der Waals surface area contributed by atoms with Gasteiger partial charge in [0.05, 0.1) is 11.7 Å². The molecular weight excluding hydrogens is 320 g/mol. The molecule has 1 aliphatic heterocycles. The topological polar surface area (TPSA) is 42.4 Å². The van der Waals surface area contributed by atoms with Crippen molar-refractivity contribution in [1.82, 2.24) is 9.88 Å². The van der Waals surface area contributed by atoms with Gasteiger partial charge in [-0.3, -0.25) is 4.90 Å². The number of carbonyl (C=O) groups is 1. The molecule has 128 valence electrons. The van der Waals surface area contributed by atoms with E-state index in [0.717, 1.165) is 42.1 Å². The Labute approximate surface area is 147 Å². The lowest BCUT2D eigenvalue weighted by Gasteiger charge is -2.35. The standard InChI is InChI=1S/C19H24N2O2S/c1-19(2,3)23-18(22)21-12-8-7-11-16(21)17-20-15(13-24-17)14-9-5-4-6-10-14/h4-6,9-10,13,16H,7-8,11-12H2,1-3H3/t16-/m1/s1. The van der Waals surface area contributed by atoms with Crippen molar-refractivity contribution in [3.8, 4) is 11.3 Å². The van der Waals surface area contributed by atoms with Crippen molar-refractivity contribution >= 4 is 17.4 Å². The number of nitrogens with zero attached hydrogens (tertiary/aromatic N) is 2. The molecule has 2 heterocycles. The third kappa shape index (κ3) is 3.96. The van der Waals surface area contributed by atoms with Crippen molar-refractivity contribution < 1.29 is 9.53 Å². The number of hydrogen-bond donors (Lipinski definition) is 0. The second-order valence-corrected chi connectivity index (χ2v) is 8.01. The highest BCUT2D eigenvalue weighted by molar-refractivity contribution is 7.10. The largest absolute Gasteiger partial charge is 0.444 e. The summed E-state index contributed by atoms with van der Waals surface area (Å²) in [5.74, 6) is 0. The number of ether oxygens (including phenoxy) is 1. The Bertz CT molecular complexity index is 691. The van der Waals surface area contributed by atoms with Crippen molar-refractivity contribution in [1.29, 1.82) is 0 Å². The van der Waals surface area contributed by atoms with Crippen LogP contribution in [0.4, 0.5) is 4.79 Å². The molecule has 1 fully saturated rings. The zero-order valence-electron chi connectivity index (χ0n) is 14.5. The summed E-state index contributed by atoms with van der Waals surface area (Å²) in [4.78, 5) is 19.2. The normalized spacial score (nSPS) is 18.5. The fourth-order valence-corrected chi connectivity index (χ4v) is 3.88. The molecule has 0 radical (unpaired) electrons. The number of amides is 1. The van der Waals surface area contributed by atoms with Gasteiger partial charge in [-0.1, -0.05) is 30.3 Å². The third-order valence-electron chi connectivity index (χ3n) is 4.01. The second kappa shape index (κ2) is 6.93. The van der Waals surface area contributed by atoms with Gasteiger partial charge in [-0.15, -0.1) is 11.3 Å². The van der Waals surface area contributed by atoms with Gasteiger partial charge in [-0.2, -0.15) is 0 Å². The van der Waals surface area contributed by atoms with Gasteiger partial charge >= 0.3 is 6.09 Å². The predicted octanol–water partition coefficient (Wildman–Crippen LogP) is 5.27. The molecule has 0 saturated carbocycles. The van der Waals surface area contributed by atoms with Crippen LogP contribution in [0.5, 0.6) is 0 Å². The van der Waals surface area contributed by atoms with Gasteiger partial charge in [0.2, 0.25) is 0 Å². The minimum Gasteiger partial charge on any atom is -0.444 e. The quantitative estimate of drug-likeness (QED) is 0.745. The van der Waals surface area contributed by atoms with E-state index in [0.29, 0.717) is 0 Å². The summed E-state index contributed by atoms with van der Waals surface area (Å²) in [6, 6.07) is 10.2. The molecule has 0 aliphatic carbocycles. The first-order valence-corrected chi connectivity index (χ1v) is 9.32. The summed E-state index contributed by atoms with van der Waals surface area (Å²) in [7, 11) is 0. The lowest BCUT2D eigenvalue weighted by atomic mass is 10.0. The zero-order chi connectivity index (χ0) is 17.2. The molecule has 0 bridgehead atoms. The fourth-order valence-electron chi connectivity index (χ4n) is 2.91. The molecule has 1 aromatic heterocycles. The molecule has 1 aliphatic rings. The molecule has 1 aromatic carbocycles. The smallest absolute Gasteiger partial charge is 0.410 e. The van der Waals surface area contributed by atoms with E-state index >= 15 is 0 Å². The number of benzene rings is 1. The molecular formula is C19H24N2O2S. The Morgan fingerprint density at radius 1 is 1.25 bits per heavy atom. The Balaban J connectivity index is 1.81. The molecule has 5 heteroatoms. The third-order valence-corrected chi connectivity index (χ3v) is 4.95. The molecule has 4 nitrogen and oxygen atoms in total.